The van der Waals surface area contributed by atoms with Crippen molar-refractivity contribution in [1.29, 1.82) is 0 Å². The molecule has 3 aromatic heterocycles. The molecule has 0 aliphatic carbocycles. The molecule has 0 fully saturated rings. The molecular formula is C12H10ClN5. The van der Waals surface area contributed by atoms with Crippen LogP contribution in [-0.4, -0.2) is 24.5 Å². The summed E-state index contributed by atoms with van der Waals surface area (Å²) in [6, 6.07) is 1.73. The van der Waals surface area contributed by atoms with Gasteiger partial charge in [-0.3, -0.25) is 0 Å². The SMILES string of the molecule is Cc1ncc(-c2nc3c(Cl)ccnc3n2C)cn1. The van der Waals surface area contributed by atoms with E-state index in [-0.39, 0.29) is 0 Å². The molecule has 0 atom stereocenters. The first-order chi connectivity index (χ1) is 8.66. The van der Waals surface area contributed by atoms with E-state index in [2.05, 4.69) is 19.9 Å². The van der Waals surface area contributed by atoms with Crippen LogP contribution in [0.15, 0.2) is 24.7 Å². The van der Waals surface area contributed by atoms with Gasteiger partial charge in [-0.2, -0.15) is 0 Å². The summed E-state index contributed by atoms with van der Waals surface area (Å²) in [5, 5.41) is 0.592. The Hall–Kier alpha value is -2.01. The molecule has 0 amide bonds. The van der Waals surface area contributed by atoms with E-state index in [4.69, 9.17) is 11.6 Å². The predicted octanol–water partition coefficient (Wildman–Crippen LogP) is 2.39. The van der Waals surface area contributed by atoms with Gasteiger partial charge in [0.1, 0.15) is 17.2 Å². The van der Waals surface area contributed by atoms with Gasteiger partial charge < -0.3 is 4.57 Å². The van der Waals surface area contributed by atoms with E-state index in [1.807, 2.05) is 18.5 Å². The fraction of sp³-hybridized carbons (Fsp3) is 0.167. The van der Waals surface area contributed by atoms with Crippen LogP contribution >= 0.6 is 11.6 Å². The maximum atomic E-state index is 6.11. The van der Waals surface area contributed by atoms with Gasteiger partial charge >= 0.3 is 0 Å². The first-order valence-electron chi connectivity index (χ1n) is 5.43. The zero-order valence-electron chi connectivity index (χ0n) is 9.92. The number of aromatic nitrogens is 5. The molecule has 3 heterocycles. The molecule has 90 valence electrons. The largest absolute Gasteiger partial charge is 0.312 e. The van der Waals surface area contributed by atoms with Crippen LogP contribution in [0.3, 0.4) is 0 Å². The topological polar surface area (TPSA) is 56.5 Å². The van der Waals surface area contributed by atoms with E-state index in [9.17, 15) is 0 Å². The maximum absolute atomic E-state index is 6.11. The van der Waals surface area contributed by atoms with Gasteiger partial charge in [-0.15, -0.1) is 0 Å². The molecule has 3 aromatic rings. The Bertz CT molecular complexity index is 717. The van der Waals surface area contributed by atoms with Crippen LogP contribution in [0.5, 0.6) is 0 Å². The second kappa shape index (κ2) is 4.03. The average Bonchev–Trinajstić information content (AvgIpc) is 2.70. The molecule has 0 aliphatic heterocycles. The molecule has 0 saturated heterocycles. The quantitative estimate of drug-likeness (QED) is 0.673. The minimum atomic E-state index is 0.592. The highest BCUT2D eigenvalue weighted by atomic mass is 35.5. The Balaban J connectivity index is 2.27. The van der Waals surface area contributed by atoms with Gasteiger partial charge in [-0.1, -0.05) is 11.6 Å². The van der Waals surface area contributed by atoms with Crippen molar-refractivity contribution in [2.24, 2.45) is 7.05 Å². The molecule has 0 aromatic carbocycles. The lowest BCUT2D eigenvalue weighted by Gasteiger charge is -2.00. The molecule has 0 radical (unpaired) electrons. The summed E-state index contributed by atoms with van der Waals surface area (Å²) in [5.41, 5.74) is 2.28. The summed E-state index contributed by atoms with van der Waals surface area (Å²) in [7, 11) is 1.90. The lowest BCUT2D eigenvalue weighted by Crippen LogP contribution is -1.95. The molecule has 0 saturated carbocycles. The summed E-state index contributed by atoms with van der Waals surface area (Å²) in [6.07, 6.45) is 5.16. The molecule has 3 rings (SSSR count). The number of hydrogen-bond donors (Lipinski definition) is 0. The second-order valence-corrected chi connectivity index (χ2v) is 4.39. The third-order valence-electron chi connectivity index (χ3n) is 2.75. The van der Waals surface area contributed by atoms with E-state index in [1.54, 1.807) is 24.7 Å². The second-order valence-electron chi connectivity index (χ2n) is 3.98. The third-order valence-corrected chi connectivity index (χ3v) is 3.05. The van der Waals surface area contributed by atoms with Crippen molar-refractivity contribution < 1.29 is 0 Å². The lowest BCUT2D eigenvalue weighted by atomic mass is 10.3. The van der Waals surface area contributed by atoms with Crippen molar-refractivity contribution in [3.05, 3.63) is 35.5 Å². The summed E-state index contributed by atoms with van der Waals surface area (Å²) < 4.78 is 1.88. The monoisotopic (exact) mass is 259 g/mol. The van der Waals surface area contributed by atoms with Gasteiger partial charge in [0.25, 0.3) is 0 Å². The van der Waals surface area contributed by atoms with Gasteiger partial charge in [0.05, 0.1) is 10.6 Å². The normalized spacial score (nSPS) is 11.1. The van der Waals surface area contributed by atoms with Crippen LogP contribution in [0.4, 0.5) is 0 Å². The Kier molecular flexibility index (Phi) is 2.48. The molecular weight excluding hydrogens is 250 g/mol. The third kappa shape index (κ3) is 1.64. The Morgan fingerprint density at radius 2 is 1.89 bits per heavy atom. The summed E-state index contributed by atoms with van der Waals surface area (Å²) in [4.78, 5) is 17.1. The number of pyridine rings is 1. The van der Waals surface area contributed by atoms with Gasteiger partial charge in [0, 0.05) is 25.6 Å². The molecule has 0 N–H and O–H groups in total. The maximum Gasteiger partial charge on any atom is 0.161 e. The fourth-order valence-corrected chi connectivity index (χ4v) is 2.00. The van der Waals surface area contributed by atoms with Crippen LogP contribution in [-0.2, 0) is 7.05 Å². The zero-order chi connectivity index (χ0) is 12.7. The van der Waals surface area contributed by atoms with Crippen molar-refractivity contribution >= 4 is 22.8 Å². The molecule has 6 heteroatoms. The van der Waals surface area contributed by atoms with Crippen LogP contribution in [0.25, 0.3) is 22.6 Å². The number of aryl methyl sites for hydroxylation is 2. The first kappa shape index (κ1) is 11.1. The van der Waals surface area contributed by atoms with E-state index in [0.717, 1.165) is 22.9 Å². The first-order valence-corrected chi connectivity index (χ1v) is 5.80. The number of rotatable bonds is 1. The predicted molar refractivity (Wildman–Crippen MR) is 69.3 cm³/mol. The highest BCUT2D eigenvalue weighted by Gasteiger charge is 2.13. The van der Waals surface area contributed by atoms with Crippen molar-refractivity contribution in [3.8, 4) is 11.4 Å². The molecule has 0 aliphatic rings. The fourth-order valence-electron chi connectivity index (χ4n) is 1.82. The summed E-state index contributed by atoms with van der Waals surface area (Å²) >= 11 is 6.11. The van der Waals surface area contributed by atoms with Gasteiger partial charge in [-0.25, -0.2) is 19.9 Å². The Morgan fingerprint density at radius 1 is 1.17 bits per heavy atom. The molecule has 0 spiro atoms. The minimum Gasteiger partial charge on any atom is -0.312 e. The minimum absolute atomic E-state index is 0.592. The standard InChI is InChI=1S/C12H10ClN5/c1-7-15-5-8(6-16-7)11-17-10-9(13)3-4-14-12(10)18(11)2/h3-6H,1-2H3. The number of nitrogens with zero attached hydrogens (tertiary/aromatic N) is 5. The number of imidazole rings is 1. The Morgan fingerprint density at radius 3 is 2.56 bits per heavy atom. The number of halogens is 1. The van der Waals surface area contributed by atoms with Crippen molar-refractivity contribution in [2.45, 2.75) is 6.92 Å². The van der Waals surface area contributed by atoms with Gasteiger partial charge in [0.2, 0.25) is 0 Å². The van der Waals surface area contributed by atoms with Crippen LogP contribution in [0, 0.1) is 6.92 Å². The Labute approximate surface area is 109 Å². The van der Waals surface area contributed by atoms with Crippen LogP contribution in [0.1, 0.15) is 5.82 Å². The van der Waals surface area contributed by atoms with Crippen LogP contribution < -0.4 is 0 Å². The molecule has 5 nitrogen and oxygen atoms in total. The van der Waals surface area contributed by atoms with E-state index in [1.165, 1.54) is 0 Å². The van der Waals surface area contributed by atoms with E-state index in [0.29, 0.717) is 10.5 Å². The van der Waals surface area contributed by atoms with E-state index < -0.39 is 0 Å². The summed E-state index contributed by atoms with van der Waals surface area (Å²) in [6.45, 7) is 1.84. The number of hydrogen-bond acceptors (Lipinski definition) is 4. The van der Waals surface area contributed by atoms with Crippen molar-refractivity contribution in [1.82, 2.24) is 24.5 Å². The highest BCUT2D eigenvalue weighted by molar-refractivity contribution is 6.34. The zero-order valence-corrected chi connectivity index (χ0v) is 10.7. The van der Waals surface area contributed by atoms with Crippen molar-refractivity contribution in [3.63, 3.8) is 0 Å². The van der Waals surface area contributed by atoms with Gasteiger partial charge in [0.15, 0.2) is 5.65 Å². The molecule has 0 unspecified atom stereocenters. The van der Waals surface area contributed by atoms with E-state index >= 15 is 0 Å². The average molecular weight is 260 g/mol. The highest BCUT2D eigenvalue weighted by Crippen LogP contribution is 2.25. The number of fused-ring (bicyclic) bond motifs is 1. The van der Waals surface area contributed by atoms with Gasteiger partial charge in [-0.05, 0) is 13.0 Å². The molecule has 0 bridgehead atoms. The van der Waals surface area contributed by atoms with Crippen LogP contribution in [0.2, 0.25) is 5.02 Å². The lowest BCUT2D eigenvalue weighted by molar-refractivity contribution is 0.934. The smallest absolute Gasteiger partial charge is 0.161 e. The van der Waals surface area contributed by atoms with Crippen molar-refractivity contribution in [2.75, 3.05) is 0 Å². The molecule has 18 heavy (non-hydrogen) atoms. The summed E-state index contributed by atoms with van der Waals surface area (Å²) in [5.74, 6) is 1.49.